The number of aryl methyl sites for hydroxylation is 1. The van der Waals surface area contributed by atoms with Crippen molar-refractivity contribution in [3.05, 3.63) is 59.4 Å². The van der Waals surface area contributed by atoms with Crippen molar-refractivity contribution in [1.29, 1.82) is 0 Å². The number of carbonyl (C=O) groups is 3. The molecule has 0 bridgehead atoms. The number of nitrogens with one attached hydrogen (secondary N) is 2. The molecule has 0 unspecified atom stereocenters. The Morgan fingerprint density at radius 2 is 1.70 bits per heavy atom. The van der Waals surface area contributed by atoms with Gasteiger partial charge in [0, 0.05) is 28.8 Å². The van der Waals surface area contributed by atoms with Crippen molar-refractivity contribution in [3.63, 3.8) is 0 Å². The topological polar surface area (TPSA) is 131 Å². The zero-order valence-electron chi connectivity index (χ0n) is 24.7. The molecule has 0 radical (unpaired) electrons. The van der Waals surface area contributed by atoms with Crippen LogP contribution < -0.4 is 10.6 Å². The zero-order valence-corrected chi connectivity index (χ0v) is 24.7. The Morgan fingerprint density at radius 1 is 1.00 bits per heavy atom. The molecule has 0 atom stereocenters. The summed E-state index contributed by atoms with van der Waals surface area (Å²) in [5.74, 6) is -0.705. The molecule has 2 aromatic carbocycles. The molecule has 10 nitrogen and oxygen atoms in total. The third kappa shape index (κ3) is 6.31. The molecule has 0 spiro atoms. The van der Waals surface area contributed by atoms with Crippen molar-refractivity contribution < 1.29 is 32.7 Å². The summed E-state index contributed by atoms with van der Waals surface area (Å²) in [6.45, 7) is 6.98. The molecule has 0 aliphatic heterocycles. The summed E-state index contributed by atoms with van der Waals surface area (Å²) >= 11 is 0. The lowest BCUT2D eigenvalue weighted by Crippen LogP contribution is -2.21. The number of rotatable bonds is 6. The van der Waals surface area contributed by atoms with Crippen LogP contribution in [0, 0.1) is 12.8 Å². The van der Waals surface area contributed by atoms with Gasteiger partial charge in [0.15, 0.2) is 5.82 Å². The van der Waals surface area contributed by atoms with E-state index in [0.29, 0.717) is 16.5 Å². The van der Waals surface area contributed by atoms with E-state index in [4.69, 9.17) is 0 Å². The van der Waals surface area contributed by atoms with Crippen LogP contribution in [-0.2, 0) is 27.7 Å². The predicted molar refractivity (Wildman–Crippen MR) is 158 cm³/mol. The summed E-state index contributed by atoms with van der Waals surface area (Å²) in [5.41, 5.74) is 0.977. The normalized spacial score (nSPS) is 14.2. The van der Waals surface area contributed by atoms with E-state index in [-0.39, 0.29) is 41.0 Å². The van der Waals surface area contributed by atoms with Gasteiger partial charge in [0.05, 0.1) is 17.3 Å². The van der Waals surface area contributed by atoms with Crippen molar-refractivity contribution in [3.8, 4) is 11.1 Å². The van der Waals surface area contributed by atoms with Crippen molar-refractivity contribution >= 4 is 40.3 Å². The maximum atomic E-state index is 13.3. The molecule has 1 fully saturated rings. The third-order valence-corrected chi connectivity index (χ3v) is 7.84. The van der Waals surface area contributed by atoms with E-state index < -0.39 is 29.2 Å². The van der Waals surface area contributed by atoms with Gasteiger partial charge in [0.2, 0.25) is 11.8 Å². The van der Waals surface area contributed by atoms with Crippen LogP contribution >= 0.6 is 0 Å². The first-order valence-electron chi connectivity index (χ1n) is 14.2. The smallest absolute Gasteiger partial charge is 0.432 e. The second-order valence-corrected chi connectivity index (χ2v) is 12.2. The van der Waals surface area contributed by atoms with Gasteiger partial charge in [-0.15, -0.1) is 5.10 Å². The molecule has 2 heterocycles. The second kappa shape index (κ2) is 11.4. The second-order valence-electron chi connectivity index (χ2n) is 12.2. The molecule has 2 aromatic heterocycles. The lowest BCUT2D eigenvalue weighted by atomic mass is 9.83. The first-order chi connectivity index (χ1) is 20.6. The molecule has 3 N–H and O–H groups in total. The average Bonchev–Trinajstić information content (AvgIpc) is 3.69. The highest BCUT2D eigenvalue weighted by atomic mass is 19.4. The van der Waals surface area contributed by atoms with Gasteiger partial charge in [-0.3, -0.25) is 14.3 Å². The lowest BCUT2D eigenvalue weighted by molar-refractivity contribution is -0.138. The van der Waals surface area contributed by atoms with Crippen LogP contribution in [0.15, 0.2) is 42.7 Å². The SMILES string of the molecule is Cc1ccc(NC(=O)Cn2cc(-c3cc(C(C)(C)C)c4c(NC(=O)C5CCCC5)nn(C(=O)O)c4c3)cn2)cc1C(F)(F)F. The minimum absolute atomic E-state index is 0.0123. The first-order valence-corrected chi connectivity index (χ1v) is 14.2. The number of carbonyl (C=O) groups excluding carboxylic acids is 2. The van der Waals surface area contributed by atoms with Crippen LogP contribution in [0.1, 0.15) is 63.1 Å². The summed E-state index contributed by atoms with van der Waals surface area (Å²) < 4.78 is 42.0. The molecule has 0 saturated heterocycles. The Balaban J connectivity index is 1.45. The number of amides is 2. The molecule has 1 saturated carbocycles. The monoisotopic (exact) mass is 610 g/mol. The fourth-order valence-corrected chi connectivity index (χ4v) is 5.60. The predicted octanol–water partition coefficient (Wildman–Crippen LogP) is 6.82. The van der Waals surface area contributed by atoms with Crippen LogP contribution in [0.3, 0.4) is 0 Å². The molecule has 232 valence electrons. The van der Waals surface area contributed by atoms with Gasteiger partial charge in [-0.2, -0.15) is 23.0 Å². The van der Waals surface area contributed by atoms with E-state index >= 15 is 0 Å². The Labute approximate surface area is 251 Å². The number of nitrogens with zero attached hydrogens (tertiary/aromatic N) is 4. The third-order valence-electron chi connectivity index (χ3n) is 7.84. The standard InChI is InChI=1S/C31H33F3N6O4/c1-17-9-10-21(13-22(17)31(32,33)34)36-25(41)16-39-15-20(14-35-39)19-11-23(30(2,3)4)26-24(12-19)40(29(43)44)38-27(26)37-28(42)18-7-5-6-8-18/h9-15,18H,5-8,16H2,1-4H3,(H,36,41)(H,43,44)(H,37,38,42). The molecule has 13 heteroatoms. The van der Waals surface area contributed by atoms with Gasteiger partial charge in [0.25, 0.3) is 0 Å². The number of benzene rings is 2. The fraction of sp³-hybridized carbons (Fsp3) is 0.387. The number of aromatic nitrogens is 4. The molecular formula is C31H33F3N6O4. The number of anilines is 2. The summed E-state index contributed by atoms with van der Waals surface area (Å²) in [6, 6.07) is 7.11. The fourth-order valence-electron chi connectivity index (χ4n) is 5.60. The van der Waals surface area contributed by atoms with Crippen LogP contribution in [0.2, 0.25) is 0 Å². The Bertz CT molecular complexity index is 1760. The number of hydrogen-bond donors (Lipinski definition) is 3. The Morgan fingerprint density at radius 3 is 2.34 bits per heavy atom. The highest BCUT2D eigenvalue weighted by molar-refractivity contribution is 6.05. The van der Waals surface area contributed by atoms with Gasteiger partial charge in [-0.25, -0.2) is 4.79 Å². The molecule has 2 amide bonds. The Hall–Kier alpha value is -4.68. The van der Waals surface area contributed by atoms with Crippen LogP contribution in [0.4, 0.5) is 29.5 Å². The van der Waals surface area contributed by atoms with Gasteiger partial charge < -0.3 is 15.7 Å². The number of halogens is 3. The number of fused-ring (bicyclic) bond motifs is 1. The van der Waals surface area contributed by atoms with Gasteiger partial charge in [-0.1, -0.05) is 39.7 Å². The van der Waals surface area contributed by atoms with Crippen molar-refractivity contribution in [2.24, 2.45) is 5.92 Å². The van der Waals surface area contributed by atoms with E-state index in [9.17, 15) is 32.7 Å². The number of carboxylic acid groups (broad SMARTS) is 1. The molecule has 44 heavy (non-hydrogen) atoms. The molecule has 1 aliphatic rings. The highest BCUT2D eigenvalue weighted by Crippen LogP contribution is 2.39. The summed E-state index contributed by atoms with van der Waals surface area (Å²) in [5, 5.41) is 24.3. The minimum atomic E-state index is -4.55. The average molecular weight is 611 g/mol. The van der Waals surface area contributed by atoms with Crippen molar-refractivity contribution in [1.82, 2.24) is 19.6 Å². The zero-order chi connectivity index (χ0) is 32.0. The number of alkyl halides is 3. The van der Waals surface area contributed by atoms with Crippen LogP contribution in [0.5, 0.6) is 0 Å². The Kier molecular flexibility index (Phi) is 8.00. The molecule has 5 rings (SSSR count). The molecule has 4 aromatic rings. The van der Waals surface area contributed by atoms with Gasteiger partial charge >= 0.3 is 12.3 Å². The minimum Gasteiger partial charge on any atom is -0.463 e. The van der Waals surface area contributed by atoms with E-state index in [1.807, 2.05) is 26.8 Å². The van der Waals surface area contributed by atoms with E-state index in [1.165, 1.54) is 29.9 Å². The van der Waals surface area contributed by atoms with Gasteiger partial charge in [-0.05, 0) is 66.1 Å². The highest BCUT2D eigenvalue weighted by Gasteiger charge is 2.33. The molecular weight excluding hydrogens is 577 g/mol. The maximum absolute atomic E-state index is 13.3. The quantitative estimate of drug-likeness (QED) is 0.220. The van der Waals surface area contributed by atoms with Crippen LogP contribution in [-0.4, -0.2) is 42.6 Å². The van der Waals surface area contributed by atoms with Crippen LogP contribution in [0.25, 0.3) is 22.0 Å². The largest absolute Gasteiger partial charge is 0.463 e. The summed E-state index contributed by atoms with van der Waals surface area (Å²) in [6.07, 6.45) is 0.742. The van der Waals surface area contributed by atoms with E-state index in [0.717, 1.165) is 42.0 Å². The van der Waals surface area contributed by atoms with E-state index in [2.05, 4.69) is 20.8 Å². The summed E-state index contributed by atoms with van der Waals surface area (Å²) in [4.78, 5) is 37.9. The van der Waals surface area contributed by atoms with Crippen molar-refractivity contribution in [2.75, 3.05) is 10.6 Å². The number of hydrogen-bond acceptors (Lipinski definition) is 5. The van der Waals surface area contributed by atoms with Crippen molar-refractivity contribution in [2.45, 2.75) is 71.5 Å². The first kappa shape index (κ1) is 30.8. The lowest BCUT2D eigenvalue weighted by Gasteiger charge is -2.22. The molecule has 1 aliphatic carbocycles. The van der Waals surface area contributed by atoms with Gasteiger partial charge in [0.1, 0.15) is 6.54 Å². The van der Waals surface area contributed by atoms with E-state index in [1.54, 1.807) is 12.3 Å². The summed E-state index contributed by atoms with van der Waals surface area (Å²) in [7, 11) is 0. The maximum Gasteiger partial charge on any atom is 0.432 e.